The number of carbonyl (C=O) groups excluding carboxylic acids is 2. The van der Waals surface area contributed by atoms with Gasteiger partial charge >= 0.3 is 0 Å². The number of thioether (sulfide) groups is 1. The smallest absolute Gasteiger partial charge is 0.251 e. The van der Waals surface area contributed by atoms with E-state index >= 15 is 0 Å². The van der Waals surface area contributed by atoms with Crippen molar-refractivity contribution in [2.45, 2.75) is 25.0 Å². The summed E-state index contributed by atoms with van der Waals surface area (Å²) >= 11 is 10.6. The predicted octanol–water partition coefficient (Wildman–Crippen LogP) is 5.09. The molecular formula is C22H23BrClN5O2S. The molecule has 1 heterocycles. The van der Waals surface area contributed by atoms with Gasteiger partial charge in [0.25, 0.3) is 5.91 Å². The summed E-state index contributed by atoms with van der Waals surface area (Å²) in [6, 6.07) is 13.7. The van der Waals surface area contributed by atoms with Gasteiger partial charge in [0.15, 0.2) is 11.0 Å². The van der Waals surface area contributed by atoms with Crippen molar-refractivity contribution in [1.82, 2.24) is 20.1 Å². The van der Waals surface area contributed by atoms with Gasteiger partial charge < -0.3 is 15.2 Å². The number of nitrogens with one attached hydrogen (secondary N) is 2. The lowest BCUT2D eigenvalue weighted by atomic mass is 10.0. The minimum atomic E-state index is -0.346. The summed E-state index contributed by atoms with van der Waals surface area (Å²) in [7, 11) is 1.83. The van der Waals surface area contributed by atoms with E-state index in [1.54, 1.807) is 24.3 Å². The van der Waals surface area contributed by atoms with Crippen LogP contribution in [0.5, 0.6) is 0 Å². The average molecular weight is 537 g/mol. The highest BCUT2D eigenvalue weighted by molar-refractivity contribution is 9.10. The molecule has 2 amide bonds. The van der Waals surface area contributed by atoms with E-state index in [2.05, 4.69) is 36.8 Å². The van der Waals surface area contributed by atoms with Crippen molar-refractivity contribution in [3.63, 3.8) is 0 Å². The van der Waals surface area contributed by atoms with Gasteiger partial charge in [-0.25, -0.2) is 0 Å². The van der Waals surface area contributed by atoms with Crippen molar-refractivity contribution in [3.8, 4) is 0 Å². The molecule has 0 saturated carbocycles. The number of anilines is 1. The summed E-state index contributed by atoms with van der Waals surface area (Å²) in [6.45, 7) is 4.00. The zero-order chi connectivity index (χ0) is 23.3. The van der Waals surface area contributed by atoms with Gasteiger partial charge in [-0.1, -0.05) is 53.1 Å². The van der Waals surface area contributed by atoms with E-state index < -0.39 is 0 Å². The number of aromatic nitrogens is 3. The maximum Gasteiger partial charge on any atom is 0.251 e. The third-order valence-electron chi connectivity index (χ3n) is 4.67. The SMILES string of the molecule is CC(C)[C@H](NC(=O)c1ccc(Cl)cc1)c1nnc(SCC(=O)Nc2ccc(Br)cc2)n1C. The van der Waals surface area contributed by atoms with Crippen LogP contribution in [0.2, 0.25) is 5.02 Å². The molecule has 1 aromatic heterocycles. The highest BCUT2D eigenvalue weighted by atomic mass is 79.9. The molecule has 0 spiro atoms. The van der Waals surface area contributed by atoms with Crippen LogP contribution in [0.1, 0.15) is 36.1 Å². The lowest BCUT2D eigenvalue weighted by molar-refractivity contribution is -0.113. The number of amides is 2. The molecule has 0 saturated heterocycles. The molecule has 0 aliphatic rings. The molecule has 3 aromatic rings. The molecule has 0 unspecified atom stereocenters. The summed E-state index contributed by atoms with van der Waals surface area (Å²) in [5.74, 6) is 0.529. The van der Waals surface area contributed by atoms with Crippen LogP contribution in [0.4, 0.5) is 5.69 Å². The quantitative estimate of drug-likeness (QED) is 0.392. The molecular weight excluding hydrogens is 514 g/mol. The summed E-state index contributed by atoms with van der Waals surface area (Å²) in [4.78, 5) is 25.0. The highest BCUT2D eigenvalue weighted by Gasteiger charge is 2.25. The largest absolute Gasteiger partial charge is 0.342 e. The number of benzene rings is 2. The molecule has 0 aliphatic carbocycles. The van der Waals surface area contributed by atoms with Gasteiger partial charge in [-0.3, -0.25) is 9.59 Å². The van der Waals surface area contributed by atoms with Crippen molar-refractivity contribution in [3.05, 3.63) is 69.4 Å². The van der Waals surface area contributed by atoms with Gasteiger partial charge in [0.05, 0.1) is 11.8 Å². The zero-order valence-corrected chi connectivity index (χ0v) is 21.0. The highest BCUT2D eigenvalue weighted by Crippen LogP contribution is 2.25. The van der Waals surface area contributed by atoms with Gasteiger partial charge in [0.1, 0.15) is 0 Å². The van der Waals surface area contributed by atoms with Gasteiger partial charge in [-0.15, -0.1) is 10.2 Å². The van der Waals surface area contributed by atoms with Crippen LogP contribution in [0.3, 0.4) is 0 Å². The Morgan fingerprint density at radius 1 is 1.09 bits per heavy atom. The monoisotopic (exact) mass is 535 g/mol. The van der Waals surface area contributed by atoms with Crippen LogP contribution >= 0.6 is 39.3 Å². The lowest BCUT2D eigenvalue weighted by Crippen LogP contribution is -2.33. The van der Waals surface area contributed by atoms with Crippen LogP contribution < -0.4 is 10.6 Å². The van der Waals surface area contributed by atoms with Crippen LogP contribution in [-0.4, -0.2) is 32.3 Å². The summed E-state index contributed by atoms with van der Waals surface area (Å²) < 4.78 is 2.75. The molecule has 0 aliphatic heterocycles. The first-order chi connectivity index (χ1) is 15.2. The number of nitrogens with zero attached hydrogens (tertiary/aromatic N) is 3. The van der Waals surface area contributed by atoms with Gasteiger partial charge in [0.2, 0.25) is 5.91 Å². The van der Waals surface area contributed by atoms with Crippen LogP contribution in [0.15, 0.2) is 58.2 Å². The fourth-order valence-corrected chi connectivity index (χ4v) is 4.05. The zero-order valence-electron chi connectivity index (χ0n) is 17.8. The van der Waals surface area contributed by atoms with E-state index in [0.717, 1.165) is 10.2 Å². The first-order valence-electron chi connectivity index (χ1n) is 9.88. The molecule has 3 rings (SSSR count). The Kier molecular flexibility index (Phi) is 8.33. The number of hydrogen-bond donors (Lipinski definition) is 2. The second-order valence-electron chi connectivity index (χ2n) is 7.45. The molecule has 2 aromatic carbocycles. The van der Waals surface area contributed by atoms with E-state index in [4.69, 9.17) is 11.6 Å². The topological polar surface area (TPSA) is 88.9 Å². The van der Waals surface area contributed by atoms with E-state index in [1.807, 2.05) is 49.7 Å². The Labute approximate surface area is 204 Å². The van der Waals surface area contributed by atoms with Crippen molar-refractivity contribution in [2.24, 2.45) is 13.0 Å². The summed E-state index contributed by atoms with van der Waals surface area (Å²) in [5.41, 5.74) is 1.24. The maximum absolute atomic E-state index is 12.7. The van der Waals surface area contributed by atoms with E-state index in [1.165, 1.54) is 11.8 Å². The Morgan fingerprint density at radius 3 is 2.38 bits per heavy atom. The number of rotatable bonds is 8. The summed E-state index contributed by atoms with van der Waals surface area (Å²) in [5, 5.41) is 15.6. The average Bonchev–Trinajstić information content (AvgIpc) is 3.12. The fourth-order valence-electron chi connectivity index (χ4n) is 2.94. The van der Waals surface area contributed by atoms with Gasteiger partial charge in [-0.2, -0.15) is 0 Å². The molecule has 7 nitrogen and oxygen atoms in total. The van der Waals surface area contributed by atoms with Crippen molar-refractivity contribution < 1.29 is 9.59 Å². The summed E-state index contributed by atoms with van der Waals surface area (Å²) in [6.07, 6.45) is 0. The second kappa shape index (κ2) is 11.0. The third-order valence-corrected chi connectivity index (χ3v) is 6.47. The van der Waals surface area contributed by atoms with E-state index in [9.17, 15) is 9.59 Å². The molecule has 168 valence electrons. The fraction of sp³-hybridized carbons (Fsp3) is 0.273. The van der Waals surface area contributed by atoms with Crippen LogP contribution in [-0.2, 0) is 11.8 Å². The molecule has 32 heavy (non-hydrogen) atoms. The molecule has 2 N–H and O–H groups in total. The number of halogens is 2. The van der Waals surface area contributed by atoms with Crippen LogP contribution in [0, 0.1) is 5.92 Å². The molecule has 0 fully saturated rings. The lowest BCUT2D eigenvalue weighted by Gasteiger charge is -2.21. The Bertz CT molecular complexity index is 1090. The maximum atomic E-state index is 12.7. The van der Waals surface area contributed by atoms with Gasteiger partial charge in [0, 0.05) is 27.8 Å². The first kappa shape index (κ1) is 24.3. The predicted molar refractivity (Wildman–Crippen MR) is 131 cm³/mol. The third kappa shape index (κ3) is 6.34. The molecule has 1 atom stereocenters. The normalized spacial score (nSPS) is 11.9. The minimum Gasteiger partial charge on any atom is -0.342 e. The molecule has 0 radical (unpaired) electrons. The molecule has 0 bridgehead atoms. The number of carbonyl (C=O) groups is 2. The Hall–Kier alpha value is -2.36. The van der Waals surface area contributed by atoms with Crippen molar-refractivity contribution in [1.29, 1.82) is 0 Å². The molecule has 10 heteroatoms. The standard InChI is InChI=1S/C22H23BrClN5O2S/c1-13(2)19(26-21(31)14-4-8-16(24)9-5-14)20-27-28-22(29(20)3)32-12-18(30)25-17-10-6-15(23)7-11-17/h4-11,13,19H,12H2,1-3H3,(H,25,30)(H,26,31)/t19-/m0/s1. The Morgan fingerprint density at radius 2 is 1.75 bits per heavy atom. The Balaban J connectivity index is 1.65. The minimum absolute atomic E-state index is 0.0766. The second-order valence-corrected chi connectivity index (χ2v) is 9.74. The van der Waals surface area contributed by atoms with Crippen LogP contribution in [0.25, 0.3) is 0 Å². The number of hydrogen-bond acceptors (Lipinski definition) is 5. The van der Waals surface area contributed by atoms with Gasteiger partial charge in [-0.05, 0) is 54.4 Å². The van der Waals surface area contributed by atoms with Crippen molar-refractivity contribution in [2.75, 3.05) is 11.1 Å². The first-order valence-corrected chi connectivity index (χ1v) is 12.0. The van der Waals surface area contributed by atoms with Crippen molar-refractivity contribution >= 4 is 56.8 Å². The van der Waals surface area contributed by atoms with E-state index in [-0.39, 0.29) is 29.5 Å². The van der Waals surface area contributed by atoms with E-state index in [0.29, 0.717) is 21.6 Å².